The Morgan fingerprint density at radius 2 is 2.47 bits per heavy atom. The van der Waals surface area contributed by atoms with Gasteiger partial charge in [-0.15, -0.1) is 0 Å². The van der Waals surface area contributed by atoms with Gasteiger partial charge in [-0.1, -0.05) is 0 Å². The zero-order chi connectivity index (χ0) is 11.1. The molecule has 1 aromatic rings. The van der Waals surface area contributed by atoms with E-state index in [1.807, 2.05) is 16.9 Å². The molecule has 1 atom stereocenters. The van der Waals surface area contributed by atoms with E-state index in [0.717, 1.165) is 13.0 Å². The number of ether oxygens (including phenoxy) is 1. The molecule has 1 aromatic heterocycles. The summed E-state index contributed by atoms with van der Waals surface area (Å²) in [4.78, 5) is 11.3. The molecule has 0 saturated heterocycles. The minimum atomic E-state index is -0.380. The van der Waals surface area contributed by atoms with Gasteiger partial charge in [0.1, 0.15) is 6.10 Å². The van der Waals surface area contributed by atoms with Crippen molar-refractivity contribution in [2.24, 2.45) is 0 Å². The van der Waals surface area contributed by atoms with Gasteiger partial charge >= 0.3 is 0 Å². The zero-order valence-electron chi connectivity index (χ0n) is 9.14. The first-order valence-corrected chi connectivity index (χ1v) is 5.02. The SMILES string of the molecule is COC(C)C(=O)NCCCn1cccn1. The molecule has 1 heterocycles. The Kier molecular flexibility index (Phi) is 4.83. The number of aryl methyl sites for hydroxylation is 1. The molecule has 0 aliphatic heterocycles. The molecule has 1 unspecified atom stereocenters. The van der Waals surface area contributed by atoms with Crippen molar-refractivity contribution in [1.29, 1.82) is 0 Å². The molecule has 0 saturated carbocycles. The number of carbonyl (C=O) groups is 1. The highest BCUT2D eigenvalue weighted by atomic mass is 16.5. The van der Waals surface area contributed by atoms with Crippen molar-refractivity contribution in [3.05, 3.63) is 18.5 Å². The molecule has 0 aromatic carbocycles. The summed E-state index contributed by atoms with van der Waals surface area (Å²) >= 11 is 0. The van der Waals surface area contributed by atoms with E-state index in [4.69, 9.17) is 4.74 Å². The van der Waals surface area contributed by atoms with Gasteiger partial charge in [-0.2, -0.15) is 5.10 Å². The minimum Gasteiger partial charge on any atom is -0.372 e. The van der Waals surface area contributed by atoms with Gasteiger partial charge in [0.05, 0.1) is 0 Å². The van der Waals surface area contributed by atoms with Gasteiger partial charge in [-0.05, 0) is 19.4 Å². The number of aromatic nitrogens is 2. The summed E-state index contributed by atoms with van der Waals surface area (Å²) in [7, 11) is 1.52. The van der Waals surface area contributed by atoms with Gasteiger partial charge in [-0.3, -0.25) is 9.48 Å². The summed E-state index contributed by atoms with van der Waals surface area (Å²) in [6, 6.07) is 1.88. The predicted octanol–water partition coefficient (Wildman–Crippen LogP) is 0.424. The van der Waals surface area contributed by atoms with Crippen molar-refractivity contribution in [2.45, 2.75) is 26.0 Å². The number of amides is 1. The quantitative estimate of drug-likeness (QED) is 0.694. The third-order valence-corrected chi connectivity index (χ3v) is 2.15. The van der Waals surface area contributed by atoms with E-state index in [1.54, 1.807) is 13.1 Å². The van der Waals surface area contributed by atoms with Crippen LogP contribution in [0.4, 0.5) is 0 Å². The van der Waals surface area contributed by atoms with E-state index in [0.29, 0.717) is 6.54 Å². The van der Waals surface area contributed by atoms with Crippen molar-refractivity contribution >= 4 is 5.91 Å². The van der Waals surface area contributed by atoms with Crippen LogP contribution < -0.4 is 5.32 Å². The van der Waals surface area contributed by atoms with Crippen LogP contribution in [0.25, 0.3) is 0 Å². The normalized spacial score (nSPS) is 12.4. The Balaban J connectivity index is 2.09. The summed E-state index contributed by atoms with van der Waals surface area (Å²) < 4.78 is 6.72. The second-order valence-corrected chi connectivity index (χ2v) is 3.29. The maximum absolute atomic E-state index is 11.3. The maximum Gasteiger partial charge on any atom is 0.248 e. The summed E-state index contributed by atoms with van der Waals surface area (Å²) in [6.07, 6.45) is 4.13. The van der Waals surface area contributed by atoms with E-state index in [-0.39, 0.29) is 12.0 Å². The number of nitrogens with zero attached hydrogens (tertiary/aromatic N) is 2. The van der Waals surface area contributed by atoms with E-state index >= 15 is 0 Å². The van der Waals surface area contributed by atoms with Crippen LogP contribution >= 0.6 is 0 Å². The van der Waals surface area contributed by atoms with Crippen LogP contribution in [0.2, 0.25) is 0 Å². The Bertz CT molecular complexity index is 285. The summed E-state index contributed by atoms with van der Waals surface area (Å²) in [5.74, 6) is -0.0713. The lowest BCUT2D eigenvalue weighted by Crippen LogP contribution is -2.34. The lowest BCUT2D eigenvalue weighted by molar-refractivity contribution is -0.130. The molecular formula is C10H17N3O2. The molecule has 15 heavy (non-hydrogen) atoms. The number of nitrogens with one attached hydrogen (secondary N) is 1. The Hall–Kier alpha value is -1.36. The van der Waals surface area contributed by atoms with Crippen LogP contribution in [0.5, 0.6) is 0 Å². The standard InChI is InChI=1S/C10H17N3O2/c1-9(15-2)10(14)11-5-3-7-13-8-4-6-12-13/h4,6,8-9H,3,5,7H2,1-2H3,(H,11,14). The van der Waals surface area contributed by atoms with Gasteiger partial charge in [0.15, 0.2) is 0 Å². The second kappa shape index (κ2) is 6.19. The van der Waals surface area contributed by atoms with E-state index in [1.165, 1.54) is 7.11 Å². The van der Waals surface area contributed by atoms with Crippen LogP contribution in [0.15, 0.2) is 18.5 Å². The minimum absolute atomic E-state index is 0.0713. The van der Waals surface area contributed by atoms with Gasteiger partial charge in [0, 0.05) is 32.6 Å². The molecular weight excluding hydrogens is 194 g/mol. The van der Waals surface area contributed by atoms with Crippen molar-refractivity contribution in [1.82, 2.24) is 15.1 Å². The highest BCUT2D eigenvalue weighted by molar-refractivity contribution is 5.80. The molecule has 5 heteroatoms. The first kappa shape index (κ1) is 11.7. The highest BCUT2D eigenvalue weighted by Crippen LogP contribution is 1.90. The Morgan fingerprint density at radius 1 is 1.67 bits per heavy atom. The lowest BCUT2D eigenvalue weighted by Gasteiger charge is -2.10. The molecule has 1 amide bonds. The molecule has 0 fully saturated rings. The molecule has 0 radical (unpaired) electrons. The molecule has 0 aliphatic rings. The second-order valence-electron chi connectivity index (χ2n) is 3.29. The van der Waals surface area contributed by atoms with Gasteiger partial charge in [-0.25, -0.2) is 0 Å². The molecule has 0 spiro atoms. The number of methoxy groups -OCH3 is 1. The molecule has 1 N–H and O–H groups in total. The topological polar surface area (TPSA) is 56.1 Å². The summed E-state index contributed by atoms with van der Waals surface area (Å²) in [5, 5.41) is 6.85. The first-order chi connectivity index (χ1) is 7.24. The lowest BCUT2D eigenvalue weighted by atomic mass is 10.3. The maximum atomic E-state index is 11.3. The van der Waals surface area contributed by atoms with Crippen molar-refractivity contribution in [2.75, 3.05) is 13.7 Å². The summed E-state index contributed by atoms with van der Waals surface area (Å²) in [6.45, 7) is 3.18. The van der Waals surface area contributed by atoms with Crippen LogP contribution in [0, 0.1) is 0 Å². The first-order valence-electron chi connectivity index (χ1n) is 5.02. The fourth-order valence-corrected chi connectivity index (χ4v) is 1.14. The van der Waals surface area contributed by atoms with Crippen LogP contribution in [0.1, 0.15) is 13.3 Å². The van der Waals surface area contributed by atoms with Crippen LogP contribution in [-0.2, 0) is 16.1 Å². The van der Waals surface area contributed by atoms with Crippen LogP contribution in [0.3, 0.4) is 0 Å². The monoisotopic (exact) mass is 211 g/mol. The number of hydrogen-bond donors (Lipinski definition) is 1. The van der Waals surface area contributed by atoms with Gasteiger partial charge in [0.25, 0.3) is 0 Å². The van der Waals surface area contributed by atoms with Gasteiger partial charge < -0.3 is 10.1 Å². The van der Waals surface area contributed by atoms with E-state index in [9.17, 15) is 4.79 Å². The highest BCUT2D eigenvalue weighted by Gasteiger charge is 2.09. The predicted molar refractivity (Wildman–Crippen MR) is 56.3 cm³/mol. The Labute approximate surface area is 89.4 Å². The molecule has 84 valence electrons. The van der Waals surface area contributed by atoms with Crippen molar-refractivity contribution in [3.63, 3.8) is 0 Å². The third kappa shape index (κ3) is 4.12. The third-order valence-electron chi connectivity index (χ3n) is 2.15. The average Bonchev–Trinajstić information content (AvgIpc) is 2.75. The van der Waals surface area contributed by atoms with Crippen molar-refractivity contribution in [3.8, 4) is 0 Å². The fourth-order valence-electron chi connectivity index (χ4n) is 1.14. The van der Waals surface area contributed by atoms with Crippen molar-refractivity contribution < 1.29 is 9.53 Å². The Morgan fingerprint density at radius 3 is 3.07 bits per heavy atom. The van der Waals surface area contributed by atoms with Crippen LogP contribution in [-0.4, -0.2) is 35.4 Å². The molecule has 0 aliphatic carbocycles. The zero-order valence-corrected chi connectivity index (χ0v) is 9.14. The molecule has 1 rings (SSSR count). The van der Waals surface area contributed by atoms with Gasteiger partial charge in [0.2, 0.25) is 5.91 Å². The van der Waals surface area contributed by atoms with E-state index in [2.05, 4.69) is 10.4 Å². The smallest absolute Gasteiger partial charge is 0.248 e. The fraction of sp³-hybridized carbons (Fsp3) is 0.600. The summed E-state index contributed by atoms with van der Waals surface area (Å²) in [5.41, 5.74) is 0. The number of carbonyl (C=O) groups excluding carboxylic acids is 1. The number of rotatable bonds is 6. The molecule has 5 nitrogen and oxygen atoms in total. The molecule has 0 bridgehead atoms. The largest absolute Gasteiger partial charge is 0.372 e. The van der Waals surface area contributed by atoms with E-state index < -0.39 is 0 Å². The average molecular weight is 211 g/mol. The number of hydrogen-bond acceptors (Lipinski definition) is 3.